The molecule has 2 saturated heterocycles. The molecule has 312 valence electrons. The molecule has 2 aliphatic rings. The number of ether oxygens (including phenoxy) is 4. The van der Waals surface area contributed by atoms with Crippen molar-refractivity contribution in [1.29, 1.82) is 0 Å². The largest absolute Gasteiger partial charge is 0.385 e. The first kappa shape index (κ1) is 59.6. The molecule has 0 N–H and O–H groups in total. The van der Waals surface area contributed by atoms with E-state index in [1.54, 1.807) is 7.11 Å². The Kier molecular flexibility index (Phi) is 68.5. The maximum Gasteiger partial charge on any atom is 0.0841 e. The van der Waals surface area contributed by atoms with Crippen LogP contribution in [0.5, 0.6) is 0 Å². The maximum absolute atomic E-state index is 5.31. The summed E-state index contributed by atoms with van der Waals surface area (Å²) in [5.41, 5.74) is 0. The van der Waals surface area contributed by atoms with E-state index in [0.29, 0.717) is 24.4 Å². The van der Waals surface area contributed by atoms with Crippen LogP contribution in [0.4, 0.5) is 0 Å². The first-order valence-electron chi connectivity index (χ1n) is 22.4. The molecular weight excluding hydrogens is 629 g/mol. The van der Waals surface area contributed by atoms with Gasteiger partial charge in [0.2, 0.25) is 0 Å². The minimum atomic E-state index is 0.571. The molecule has 4 atom stereocenters. The van der Waals surface area contributed by atoms with Crippen molar-refractivity contribution in [1.82, 2.24) is 0 Å². The molecule has 4 heteroatoms. The lowest BCUT2D eigenvalue weighted by Gasteiger charge is -1.95. The molecule has 0 saturated carbocycles. The molecule has 2 rings (SSSR count). The van der Waals surface area contributed by atoms with Crippen LogP contribution in [0.15, 0.2) is 24.3 Å². The smallest absolute Gasteiger partial charge is 0.0841 e. The second-order valence-electron chi connectivity index (χ2n) is 13.7. The Morgan fingerprint density at radius 2 is 1.02 bits per heavy atom. The Labute approximate surface area is 325 Å². The lowest BCUT2D eigenvalue weighted by molar-refractivity contribution is 0.135. The maximum atomic E-state index is 5.31. The van der Waals surface area contributed by atoms with Gasteiger partial charge in [0.05, 0.1) is 24.4 Å². The van der Waals surface area contributed by atoms with Crippen molar-refractivity contribution >= 4 is 0 Å². The molecule has 0 aromatic carbocycles. The summed E-state index contributed by atoms with van der Waals surface area (Å²) < 4.78 is 20.5. The van der Waals surface area contributed by atoms with Crippen molar-refractivity contribution in [2.45, 2.75) is 256 Å². The molecule has 4 nitrogen and oxygen atoms in total. The van der Waals surface area contributed by atoms with Gasteiger partial charge >= 0.3 is 0 Å². The van der Waals surface area contributed by atoms with Crippen LogP contribution in [-0.2, 0) is 18.9 Å². The van der Waals surface area contributed by atoms with E-state index in [4.69, 9.17) is 18.9 Å². The van der Waals surface area contributed by atoms with Gasteiger partial charge in [0, 0.05) is 26.9 Å². The summed E-state index contributed by atoms with van der Waals surface area (Å²) in [5.74, 6) is 0. The number of methoxy groups -OCH3 is 1. The van der Waals surface area contributed by atoms with Gasteiger partial charge < -0.3 is 18.9 Å². The molecule has 0 radical (unpaired) electrons. The van der Waals surface area contributed by atoms with Crippen LogP contribution in [0, 0.1) is 0 Å². The predicted octanol–water partition coefficient (Wildman–Crippen LogP) is 16.1. The van der Waals surface area contributed by atoms with E-state index in [-0.39, 0.29) is 0 Å². The fourth-order valence-corrected chi connectivity index (χ4v) is 4.52. The molecule has 4 unspecified atom stereocenters. The minimum absolute atomic E-state index is 0.571. The zero-order chi connectivity index (χ0) is 39.6. The van der Waals surface area contributed by atoms with E-state index in [9.17, 15) is 0 Å². The Balaban J connectivity index is -0.000000162. The number of allylic oxidation sites excluding steroid dienone is 4. The average Bonchev–Trinajstić information content (AvgIpc) is 4.07. The van der Waals surface area contributed by atoms with Crippen molar-refractivity contribution in [2.75, 3.05) is 26.9 Å². The standard InChI is InChI=1S/2C7H14O.C7H16.2C7H14.2C6H14O/c1-3-4-5-7-6(2)8-7;1-3-5-7-6(4-2)8-7;3*1-3-5-7-6-4-2;1-3-4-5-6-7-2;1-3-5-7-6-4-2/h2*6-7H,3-5H2,1-2H3;3-7H2,1-2H3;5,7H,3-4,6H2,1-2H3;3,5H,4,6-7H2,1-2H3;2*3-6H2,1-2H3/b;;;7-5-;5-3-;;. The Morgan fingerprint density at radius 3 is 1.39 bits per heavy atom. The van der Waals surface area contributed by atoms with Crippen LogP contribution in [-0.4, -0.2) is 51.3 Å². The molecule has 0 spiro atoms. The van der Waals surface area contributed by atoms with Crippen LogP contribution in [0.3, 0.4) is 0 Å². The molecule has 0 aliphatic carbocycles. The van der Waals surface area contributed by atoms with Crippen molar-refractivity contribution < 1.29 is 18.9 Å². The zero-order valence-corrected chi connectivity index (χ0v) is 37.9. The van der Waals surface area contributed by atoms with E-state index in [0.717, 1.165) is 32.7 Å². The molecule has 2 fully saturated rings. The third kappa shape index (κ3) is 67.9. The van der Waals surface area contributed by atoms with Crippen LogP contribution in [0.25, 0.3) is 0 Å². The summed E-state index contributed by atoms with van der Waals surface area (Å²) in [6.07, 6.45) is 39.5. The number of hydrogen-bond donors (Lipinski definition) is 0. The summed E-state index contributed by atoms with van der Waals surface area (Å²) in [5, 5.41) is 0. The fourth-order valence-electron chi connectivity index (χ4n) is 4.52. The van der Waals surface area contributed by atoms with Gasteiger partial charge in [-0.05, 0) is 71.6 Å². The van der Waals surface area contributed by atoms with Crippen molar-refractivity contribution in [2.24, 2.45) is 0 Å². The van der Waals surface area contributed by atoms with E-state index in [1.807, 2.05) is 0 Å². The topological polar surface area (TPSA) is 43.5 Å². The summed E-state index contributed by atoms with van der Waals surface area (Å²) in [6.45, 7) is 31.1. The van der Waals surface area contributed by atoms with Crippen LogP contribution < -0.4 is 0 Å². The van der Waals surface area contributed by atoms with Gasteiger partial charge in [0.1, 0.15) is 0 Å². The zero-order valence-electron chi connectivity index (χ0n) is 37.9. The predicted molar refractivity (Wildman–Crippen MR) is 234 cm³/mol. The molecule has 0 aromatic rings. The third-order valence-corrected chi connectivity index (χ3v) is 8.02. The lowest BCUT2D eigenvalue weighted by Crippen LogP contribution is -1.92. The Hall–Kier alpha value is -0.680. The van der Waals surface area contributed by atoms with Gasteiger partial charge in [0.25, 0.3) is 0 Å². The van der Waals surface area contributed by atoms with Gasteiger partial charge in [-0.2, -0.15) is 0 Å². The first-order valence-corrected chi connectivity index (χ1v) is 22.4. The van der Waals surface area contributed by atoms with E-state index >= 15 is 0 Å². The summed E-state index contributed by atoms with van der Waals surface area (Å²) in [4.78, 5) is 0. The Bertz CT molecular complexity index is 555. The van der Waals surface area contributed by atoms with Gasteiger partial charge in [-0.25, -0.2) is 0 Å². The molecule has 0 bridgehead atoms. The highest BCUT2D eigenvalue weighted by Gasteiger charge is 2.35. The second kappa shape index (κ2) is 58.6. The summed E-state index contributed by atoms with van der Waals surface area (Å²) >= 11 is 0. The fraction of sp³-hybridized carbons (Fsp3) is 0.915. The van der Waals surface area contributed by atoms with Crippen LogP contribution in [0.1, 0.15) is 231 Å². The van der Waals surface area contributed by atoms with Gasteiger partial charge in [-0.15, -0.1) is 0 Å². The van der Waals surface area contributed by atoms with Crippen molar-refractivity contribution in [3.8, 4) is 0 Å². The Morgan fingerprint density at radius 1 is 0.471 bits per heavy atom. The van der Waals surface area contributed by atoms with Crippen LogP contribution in [0.2, 0.25) is 0 Å². The minimum Gasteiger partial charge on any atom is -0.385 e. The van der Waals surface area contributed by atoms with Gasteiger partial charge in [-0.1, -0.05) is 184 Å². The molecule has 51 heavy (non-hydrogen) atoms. The normalized spacial score (nSPS) is 17.8. The van der Waals surface area contributed by atoms with E-state index in [1.165, 1.54) is 128 Å². The highest BCUT2D eigenvalue weighted by atomic mass is 16.6. The van der Waals surface area contributed by atoms with Gasteiger partial charge in [0.15, 0.2) is 0 Å². The quantitative estimate of drug-likeness (QED) is 0.0564. The van der Waals surface area contributed by atoms with Crippen molar-refractivity contribution in [3.63, 3.8) is 0 Å². The van der Waals surface area contributed by atoms with Crippen molar-refractivity contribution in [3.05, 3.63) is 24.3 Å². The SMILES string of the molecule is C/C=C\CCCC.CC/C=C\CCC.CCCC1OC1CC.CCCCC1OC1C.CCCCCCC.CCCCCOC.CCCOCCC. The number of epoxide rings is 2. The monoisotopic (exact) mass is 729 g/mol. The molecule has 2 heterocycles. The highest BCUT2D eigenvalue weighted by molar-refractivity contribution is 4.82. The molecule has 2 aliphatic heterocycles. The van der Waals surface area contributed by atoms with E-state index in [2.05, 4.69) is 114 Å². The number of unbranched alkanes of at least 4 members (excludes halogenated alkanes) is 10. The third-order valence-electron chi connectivity index (χ3n) is 8.02. The molecular formula is C47H100O4. The van der Waals surface area contributed by atoms with Gasteiger partial charge in [-0.3, -0.25) is 0 Å². The highest BCUT2D eigenvalue weighted by Crippen LogP contribution is 2.28. The summed E-state index contributed by atoms with van der Waals surface area (Å²) in [6, 6.07) is 0. The lowest BCUT2D eigenvalue weighted by atomic mass is 10.2. The average molecular weight is 729 g/mol. The summed E-state index contributed by atoms with van der Waals surface area (Å²) in [7, 11) is 1.75. The first-order chi connectivity index (χ1) is 24.8. The molecule has 0 aromatic heterocycles. The van der Waals surface area contributed by atoms with E-state index < -0.39 is 0 Å². The second-order valence-corrected chi connectivity index (χ2v) is 13.7. The molecule has 0 amide bonds. The number of hydrogen-bond acceptors (Lipinski definition) is 4. The number of rotatable bonds is 24. The van der Waals surface area contributed by atoms with Crippen LogP contribution >= 0.6 is 0 Å².